The topological polar surface area (TPSA) is 20.2 Å². The zero-order valence-electron chi connectivity index (χ0n) is 10.7. The Balaban J connectivity index is 1.81. The molecule has 2 aliphatic rings. The fourth-order valence-electron chi connectivity index (χ4n) is 3.63. The molecule has 4 rings (SSSR count). The molecule has 0 fully saturated rings. The quantitative estimate of drug-likeness (QED) is 0.819. The maximum atomic E-state index is 10.5. The first-order valence-electron chi connectivity index (χ1n) is 6.87. The highest BCUT2D eigenvalue weighted by Gasteiger charge is 2.38. The monoisotopic (exact) mass is 248 g/mol. The van der Waals surface area contributed by atoms with Gasteiger partial charge in [0.25, 0.3) is 0 Å². The third kappa shape index (κ3) is 1.58. The Bertz CT molecular complexity index is 656. The molecule has 94 valence electrons. The van der Waals surface area contributed by atoms with Crippen molar-refractivity contribution in [1.82, 2.24) is 0 Å². The summed E-state index contributed by atoms with van der Waals surface area (Å²) in [5.74, 6) is 0.519. The fraction of sp³-hybridized carbons (Fsp3) is 0.222. The lowest BCUT2D eigenvalue weighted by atomic mass is 9.82. The second kappa shape index (κ2) is 4.07. The van der Waals surface area contributed by atoms with Crippen molar-refractivity contribution in [2.75, 3.05) is 0 Å². The van der Waals surface area contributed by atoms with Crippen LogP contribution in [0.1, 0.15) is 34.1 Å². The van der Waals surface area contributed by atoms with E-state index in [2.05, 4.69) is 60.7 Å². The third-order valence-electron chi connectivity index (χ3n) is 4.48. The van der Waals surface area contributed by atoms with Crippen LogP contribution in [0.4, 0.5) is 0 Å². The van der Waals surface area contributed by atoms with E-state index < -0.39 is 0 Å². The van der Waals surface area contributed by atoms with Crippen LogP contribution in [0, 0.1) is 0 Å². The summed E-state index contributed by atoms with van der Waals surface area (Å²) in [7, 11) is 0. The Morgan fingerprint density at radius 1 is 0.895 bits per heavy atom. The molecule has 0 aromatic heterocycles. The van der Waals surface area contributed by atoms with Crippen molar-refractivity contribution in [2.24, 2.45) is 0 Å². The maximum Gasteiger partial charge on any atom is 0.0658 e. The smallest absolute Gasteiger partial charge is 0.0658 e. The number of hydrogen-bond donors (Lipinski definition) is 1. The summed E-state index contributed by atoms with van der Waals surface area (Å²) in [6.07, 6.45) is 4.96. The lowest BCUT2D eigenvalue weighted by molar-refractivity contribution is 0.150. The molecular formula is C18H16O. The Labute approximate surface area is 113 Å². The van der Waals surface area contributed by atoms with Gasteiger partial charge in [0.15, 0.2) is 0 Å². The number of aliphatic hydroxyl groups excluding tert-OH is 1. The van der Waals surface area contributed by atoms with E-state index in [1.54, 1.807) is 0 Å². The molecule has 1 heteroatoms. The third-order valence-corrected chi connectivity index (χ3v) is 4.48. The van der Waals surface area contributed by atoms with Crippen LogP contribution >= 0.6 is 0 Å². The summed E-state index contributed by atoms with van der Waals surface area (Å²) < 4.78 is 0. The molecule has 0 saturated carbocycles. The van der Waals surface area contributed by atoms with Crippen LogP contribution in [0.15, 0.2) is 54.6 Å². The summed E-state index contributed by atoms with van der Waals surface area (Å²) in [5, 5.41) is 10.5. The first-order chi connectivity index (χ1) is 9.34. The van der Waals surface area contributed by atoms with Crippen LogP contribution in [0.3, 0.4) is 0 Å². The van der Waals surface area contributed by atoms with Gasteiger partial charge in [-0.2, -0.15) is 0 Å². The van der Waals surface area contributed by atoms with Gasteiger partial charge in [0, 0.05) is 11.8 Å². The van der Waals surface area contributed by atoms with E-state index in [9.17, 15) is 5.11 Å². The molecule has 2 aliphatic carbocycles. The Kier molecular flexibility index (Phi) is 2.36. The minimum Gasteiger partial charge on any atom is -0.392 e. The van der Waals surface area contributed by atoms with Crippen LogP contribution < -0.4 is 0 Å². The summed E-state index contributed by atoms with van der Waals surface area (Å²) in [6.45, 7) is 0. The molecule has 0 spiro atoms. The van der Waals surface area contributed by atoms with Gasteiger partial charge in [-0.15, -0.1) is 0 Å². The molecule has 0 saturated heterocycles. The summed E-state index contributed by atoms with van der Waals surface area (Å²) in [4.78, 5) is 0. The van der Waals surface area contributed by atoms with Crippen LogP contribution in [-0.2, 0) is 6.42 Å². The number of benzene rings is 2. The minimum atomic E-state index is -0.266. The molecule has 1 nitrogen and oxygen atoms in total. The molecular weight excluding hydrogens is 232 g/mol. The SMILES string of the molecule is OC1Cc2ccccc2C1C1C=Cc2ccccc21. The van der Waals surface area contributed by atoms with Crippen molar-refractivity contribution in [3.63, 3.8) is 0 Å². The van der Waals surface area contributed by atoms with E-state index in [4.69, 9.17) is 0 Å². The van der Waals surface area contributed by atoms with Crippen LogP contribution in [-0.4, -0.2) is 11.2 Å². The average molecular weight is 248 g/mol. The van der Waals surface area contributed by atoms with Crippen LogP contribution in [0.2, 0.25) is 0 Å². The van der Waals surface area contributed by atoms with Gasteiger partial charge in [-0.3, -0.25) is 0 Å². The van der Waals surface area contributed by atoms with Crippen molar-refractivity contribution < 1.29 is 5.11 Å². The van der Waals surface area contributed by atoms with Gasteiger partial charge in [-0.05, 0) is 28.7 Å². The maximum absolute atomic E-state index is 10.5. The van der Waals surface area contributed by atoms with Crippen molar-refractivity contribution in [3.8, 4) is 0 Å². The fourth-order valence-corrected chi connectivity index (χ4v) is 3.63. The second-order valence-corrected chi connectivity index (χ2v) is 5.51. The molecule has 0 bridgehead atoms. The van der Waals surface area contributed by atoms with Crippen molar-refractivity contribution in [2.45, 2.75) is 24.4 Å². The number of hydrogen-bond acceptors (Lipinski definition) is 1. The number of rotatable bonds is 1. The normalized spacial score (nSPS) is 27.3. The van der Waals surface area contributed by atoms with Crippen LogP contribution in [0.5, 0.6) is 0 Å². The van der Waals surface area contributed by atoms with Gasteiger partial charge >= 0.3 is 0 Å². The number of allylic oxidation sites excluding steroid dienone is 1. The largest absolute Gasteiger partial charge is 0.392 e. The first kappa shape index (κ1) is 11.0. The van der Waals surface area contributed by atoms with Gasteiger partial charge in [0.05, 0.1) is 6.10 Å². The molecule has 2 aromatic rings. The predicted octanol–water partition coefficient (Wildman–Crippen LogP) is 3.50. The number of aliphatic hydroxyl groups is 1. The van der Waals surface area contributed by atoms with Crippen molar-refractivity contribution >= 4 is 6.08 Å². The first-order valence-corrected chi connectivity index (χ1v) is 6.87. The Morgan fingerprint density at radius 3 is 2.53 bits per heavy atom. The predicted molar refractivity (Wildman–Crippen MR) is 77.1 cm³/mol. The standard InChI is InChI=1S/C18H16O/c19-17-11-13-6-2-4-8-15(13)18(17)16-10-9-12-5-1-3-7-14(12)16/h1-10,16-19H,11H2. The molecule has 3 unspecified atom stereocenters. The van der Waals surface area contributed by atoms with Gasteiger partial charge in [0.2, 0.25) is 0 Å². The molecule has 2 aromatic carbocycles. The molecule has 0 amide bonds. The van der Waals surface area contributed by atoms with Gasteiger partial charge in [0.1, 0.15) is 0 Å². The van der Waals surface area contributed by atoms with E-state index in [0.29, 0.717) is 5.92 Å². The molecule has 0 heterocycles. The van der Waals surface area contributed by atoms with Gasteiger partial charge in [-0.25, -0.2) is 0 Å². The van der Waals surface area contributed by atoms with E-state index >= 15 is 0 Å². The van der Waals surface area contributed by atoms with E-state index in [-0.39, 0.29) is 12.0 Å². The van der Waals surface area contributed by atoms with Crippen molar-refractivity contribution in [1.29, 1.82) is 0 Å². The zero-order chi connectivity index (χ0) is 12.8. The second-order valence-electron chi connectivity index (χ2n) is 5.51. The van der Waals surface area contributed by atoms with E-state index in [1.807, 2.05) is 0 Å². The van der Waals surface area contributed by atoms with E-state index in [1.165, 1.54) is 22.3 Å². The van der Waals surface area contributed by atoms with Crippen molar-refractivity contribution in [3.05, 3.63) is 76.9 Å². The summed E-state index contributed by atoms with van der Waals surface area (Å²) in [5.41, 5.74) is 5.27. The lowest BCUT2D eigenvalue weighted by Crippen LogP contribution is -2.19. The lowest BCUT2D eigenvalue weighted by Gasteiger charge is -2.23. The highest BCUT2D eigenvalue weighted by Crippen LogP contribution is 2.47. The molecule has 3 atom stereocenters. The molecule has 0 radical (unpaired) electrons. The highest BCUT2D eigenvalue weighted by molar-refractivity contribution is 5.64. The van der Waals surface area contributed by atoms with Gasteiger partial charge < -0.3 is 5.11 Å². The molecule has 0 aliphatic heterocycles. The van der Waals surface area contributed by atoms with E-state index in [0.717, 1.165) is 6.42 Å². The molecule has 1 N–H and O–H groups in total. The average Bonchev–Trinajstić information content (AvgIpc) is 2.98. The zero-order valence-corrected chi connectivity index (χ0v) is 10.7. The van der Waals surface area contributed by atoms with Gasteiger partial charge in [-0.1, -0.05) is 60.7 Å². The summed E-state index contributed by atoms with van der Waals surface area (Å²) in [6, 6.07) is 17.0. The Morgan fingerprint density at radius 2 is 1.63 bits per heavy atom. The summed E-state index contributed by atoms with van der Waals surface area (Å²) >= 11 is 0. The number of fused-ring (bicyclic) bond motifs is 2. The Hall–Kier alpha value is -1.86. The molecule has 19 heavy (non-hydrogen) atoms. The highest BCUT2D eigenvalue weighted by atomic mass is 16.3. The minimum absolute atomic E-state index is 0.205. The van der Waals surface area contributed by atoms with Crippen LogP contribution in [0.25, 0.3) is 6.08 Å².